The van der Waals surface area contributed by atoms with Gasteiger partial charge in [0.15, 0.2) is 12.4 Å². The first-order chi connectivity index (χ1) is 13.1. The highest BCUT2D eigenvalue weighted by Crippen LogP contribution is 2.29. The van der Waals surface area contributed by atoms with Crippen LogP contribution in [0, 0.1) is 10.1 Å². The van der Waals surface area contributed by atoms with Crippen LogP contribution < -0.4 is 10.2 Å². The summed E-state index contributed by atoms with van der Waals surface area (Å²) in [7, 11) is 0. The van der Waals surface area contributed by atoms with Crippen LogP contribution in [0.5, 0.6) is 5.75 Å². The fourth-order valence-electron chi connectivity index (χ4n) is 2.30. The number of benzene rings is 2. The molecule has 0 aliphatic rings. The summed E-state index contributed by atoms with van der Waals surface area (Å²) >= 11 is 0. The lowest BCUT2D eigenvalue weighted by Gasteiger charge is -2.10. The lowest BCUT2D eigenvalue weighted by Crippen LogP contribution is -2.24. The van der Waals surface area contributed by atoms with Gasteiger partial charge in [0, 0.05) is 5.56 Å². The van der Waals surface area contributed by atoms with Crippen LogP contribution in [-0.4, -0.2) is 23.7 Å². The summed E-state index contributed by atoms with van der Waals surface area (Å²) in [4.78, 5) is 21.7. The van der Waals surface area contributed by atoms with Gasteiger partial charge < -0.3 is 9.15 Å². The van der Waals surface area contributed by atoms with Crippen molar-refractivity contribution in [2.75, 3.05) is 6.61 Å². The van der Waals surface area contributed by atoms with Gasteiger partial charge in [-0.1, -0.05) is 48.5 Å². The van der Waals surface area contributed by atoms with E-state index in [1.165, 1.54) is 18.3 Å². The van der Waals surface area contributed by atoms with E-state index in [2.05, 4.69) is 10.5 Å². The molecule has 0 spiro atoms. The Labute approximate surface area is 154 Å². The standard InChI is InChI=1S/C19H15N3O5/c23-18(21-20-12-15-10-11-19(27-15)22(24)25)13-26-17-9-5-4-8-16(17)14-6-2-1-3-7-14/h1-12H,13H2,(H,21,23)/b20-12+. The van der Waals surface area contributed by atoms with Crippen molar-refractivity contribution >= 4 is 18.0 Å². The SMILES string of the molecule is O=C(COc1ccccc1-c1ccccc1)N/N=C/c1ccc([N+](=O)[O-])o1. The molecule has 8 heteroatoms. The molecule has 0 saturated heterocycles. The number of hydrogen-bond acceptors (Lipinski definition) is 6. The maximum atomic E-state index is 11.9. The van der Waals surface area contributed by atoms with Crippen molar-refractivity contribution < 1.29 is 18.9 Å². The van der Waals surface area contributed by atoms with Crippen LogP contribution in [0.15, 0.2) is 76.2 Å². The largest absolute Gasteiger partial charge is 0.483 e. The maximum Gasteiger partial charge on any atom is 0.433 e. The van der Waals surface area contributed by atoms with Gasteiger partial charge in [-0.25, -0.2) is 5.43 Å². The zero-order chi connectivity index (χ0) is 19.1. The average Bonchev–Trinajstić information content (AvgIpc) is 3.17. The quantitative estimate of drug-likeness (QED) is 0.392. The number of hydrazone groups is 1. The number of hydrogen-bond donors (Lipinski definition) is 1. The highest BCUT2D eigenvalue weighted by molar-refractivity contribution is 5.81. The molecule has 1 N–H and O–H groups in total. The minimum absolute atomic E-state index is 0.150. The number of rotatable bonds is 7. The lowest BCUT2D eigenvalue weighted by atomic mass is 10.1. The van der Waals surface area contributed by atoms with E-state index >= 15 is 0 Å². The van der Waals surface area contributed by atoms with Gasteiger partial charge in [0.25, 0.3) is 5.91 Å². The number of nitrogens with one attached hydrogen (secondary N) is 1. The molecule has 1 aromatic heterocycles. The van der Waals surface area contributed by atoms with Crippen molar-refractivity contribution in [3.63, 3.8) is 0 Å². The maximum absolute atomic E-state index is 11.9. The number of furan rings is 1. The minimum atomic E-state index is -0.659. The van der Waals surface area contributed by atoms with Crippen molar-refractivity contribution in [3.8, 4) is 16.9 Å². The first-order valence-electron chi connectivity index (χ1n) is 7.97. The summed E-state index contributed by atoms with van der Waals surface area (Å²) in [5, 5.41) is 14.2. The zero-order valence-electron chi connectivity index (χ0n) is 14.1. The average molecular weight is 365 g/mol. The first kappa shape index (κ1) is 17.9. The molecule has 0 bridgehead atoms. The normalized spacial score (nSPS) is 10.7. The molecule has 0 aliphatic heterocycles. The Bertz CT molecular complexity index is 966. The van der Waals surface area contributed by atoms with Gasteiger partial charge in [-0.15, -0.1) is 0 Å². The van der Waals surface area contributed by atoms with Crippen LogP contribution in [0.4, 0.5) is 5.88 Å². The van der Waals surface area contributed by atoms with Crippen LogP contribution in [0.2, 0.25) is 0 Å². The molecule has 3 aromatic rings. The van der Waals surface area contributed by atoms with Gasteiger partial charge in [-0.3, -0.25) is 14.9 Å². The van der Waals surface area contributed by atoms with Gasteiger partial charge in [0.05, 0.1) is 12.3 Å². The Hall–Kier alpha value is -3.94. The van der Waals surface area contributed by atoms with Gasteiger partial charge in [-0.05, 0) is 17.7 Å². The molecular formula is C19H15N3O5. The van der Waals surface area contributed by atoms with Gasteiger partial charge in [0.1, 0.15) is 10.7 Å². The minimum Gasteiger partial charge on any atom is -0.483 e. The summed E-state index contributed by atoms with van der Waals surface area (Å²) in [6.07, 6.45) is 1.17. The molecule has 1 heterocycles. The summed E-state index contributed by atoms with van der Waals surface area (Å²) in [5.74, 6) is -0.152. The monoisotopic (exact) mass is 365 g/mol. The van der Waals surface area contributed by atoms with Crippen LogP contribution >= 0.6 is 0 Å². The number of nitrogens with zero attached hydrogens (tertiary/aromatic N) is 2. The number of para-hydroxylation sites is 1. The molecule has 0 fully saturated rings. The number of nitro groups is 1. The van der Waals surface area contributed by atoms with Crippen LogP contribution in [0.25, 0.3) is 11.1 Å². The Morgan fingerprint density at radius 3 is 2.59 bits per heavy atom. The fraction of sp³-hybridized carbons (Fsp3) is 0.0526. The van der Waals surface area contributed by atoms with Gasteiger partial charge in [-0.2, -0.15) is 5.10 Å². The van der Waals surface area contributed by atoms with E-state index in [4.69, 9.17) is 9.15 Å². The predicted molar refractivity (Wildman–Crippen MR) is 98.5 cm³/mol. The summed E-state index contributed by atoms with van der Waals surface area (Å²) in [6, 6.07) is 19.7. The van der Waals surface area contributed by atoms with Crippen molar-refractivity contribution in [3.05, 3.63) is 82.6 Å². The molecule has 27 heavy (non-hydrogen) atoms. The zero-order valence-corrected chi connectivity index (χ0v) is 14.1. The molecule has 0 aliphatic carbocycles. The Kier molecular flexibility index (Phi) is 5.58. The molecule has 1 amide bonds. The Morgan fingerprint density at radius 1 is 1.11 bits per heavy atom. The third-order valence-electron chi connectivity index (χ3n) is 3.50. The van der Waals surface area contributed by atoms with E-state index in [9.17, 15) is 14.9 Å². The lowest BCUT2D eigenvalue weighted by molar-refractivity contribution is -0.402. The summed E-state index contributed by atoms with van der Waals surface area (Å²) < 4.78 is 10.5. The number of amides is 1. The topological polar surface area (TPSA) is 107 Å². The van der Waals surface area contributed by atoms with E-state index in [-0.39, 0.29) is 12.4 Å². The van der Waals surface area contributed by atoms with Crippen LogP contribution in [-0.2, 0) is 4.79 Å². The van der Waals surface area contributed by atoms with E-state index in [0.29, 0.717) is 5.75 Å². The molecule has 0 atom stereocenters. The number of ether oxygens (including phenoxy) is 1. The molecule has 0 saturated carbocycles. The molecule has 2 aromatic carbocycles. The third kappa shape index (κ3) is 4.79. The highest BCUT2D eigenvalue weighted by atomic mass is 16.6. The van der Waals surface area contributed by atoms with E-state index < -0.39 is 16.7 Å². The number of carbonyl (C=O) groups is 1. The second-order valence-electron chi connectivity index (χ2n) is 5.38. The first-order valence-corrected chi connectivity index (χ1v) is 7.97. The van der Waals surface area contributed by atoms with E-state index in [1.807, 2.05) is 48.5 Å². The van der Waals surface area contributed by atoms with Crippen LogP contribution in [0.1, 0.15) is 5.76 Å². The summed E-state index contributed by atoms with van der Waals surface area (Å²) in [5.41, 5.74) is 4.12. The fourth-order valence-corrected chi connectivity index (χ4v) is 2.30. The van der Waals surface area contributed by atoms with Gasteiger partial charge >= 0.3 is 5.88 Å². The highest BCUT2D eigenvalue weighted by Gasteiger charge is 2.11. The Balaban J connectivity index is 1.57. The van der Waals surface area contributed by atoms with Crippen molar-refractivity contribution in [1.82, 2.24) is 5.43 Å². The second-order valence-corrected chi connectivity index (χ2v) is 5.38. The molecule has 8 nitrogen and oxygen atoms in total. The van der Waals surface area contributed by atoms with Crippen molar-refractivity contribution in [2.45, 2.75) is 0 Å². The van der Waals surface area contributed by atoms with Crippen molar-refractivity contribution in [2.24, 2.45) is 5.10 Å². The Morgan fingerprint density at radius 2 is 1.85 bits per heavy atom. The van der Waals surface area contributed by atoms with Gasteiger partial charge in [0.2, 0.25) is 0 Å². The third-order valence-corrected chi connectivity index (χ3v) is 3.50. The number of carbonyl (C=O) groups excluding carboxylic acids is 1. The summed E-state index contributed by atoms with van der Waals surface area (Å²) in [6.45, 7) is -0.237. The van der Waals surface area contributed by atoms with Crippen molar-refractivity contribution in [1.29, 1.82) is 0 Å². The smallest absolute Gasteiger partial charge is 0.433 e. The molecule has 0 radical (unpaired) electrons. The molecule has 3 rings (SSSR count). The van der Waals surface area contributed by atoms with E-state index in [0.717, 1.165) is 11.1 Å². The molecule has 0 unspecified atom stereocenters. The second kappa shape index (κ2) is 8.43. The predicted octanol–water partition coefficient (Wildman–Crippen LogP) is 3.38. The van der Waals surface area contributed by atoms with Crippen LogP contribution in [0.3, 0.4) is 0 Å². The molecular weight excluding hydrogens is 350 g/mol. The molecule has 136 valence electrons. The van der Waals surface area contributed by atoms with E-state index in [1.54, 1.807) is 6.07 Å².